The molecule has 0 N–H and O–H groups in total. The Hall–Kier alpha value is -2.00. The molecule has 1 aliphatic heterocycles. The molecular formula is C17H15ClO3. The van der Waals surface area contributed by atoms with E-state index in [1.165, 1.54) is 0 Å². The molecule has 0 aromatic heterocycles. The second kappa shape index (κ2) is 5.78. The van der Waals surface area contributed by atoms with E-state index in [2.05, 4.69) is 0 Å². The van der Waals surface area contributed by atoms with E-state index >= 15 is 0 Å². The van der Waals surface area contributed by atoms with E-state index in [-0.39, 0.29) is 11.7 Å². The molecule has 1 aliphatic rings. The Kier molecular flexibility index (Phi) is 3.84. The van der Waals surface area contributed by atoms with Gasteiger partial charge in [0, 0.05) is 11.1 Å². The van der Waals surface area contributed by atoms with Crippen molar-refractivity contribution in [1.82, 2.24) is 0 Å². The lowest BCUT2D eigenvalue weighted by molar-refractivity contribution is 0.0932. The summed E-state index contributed by atoms with van der Waals surface area (Å²) in [5, 5.41) is 0.501. The molecule has 4 heteroatoms. The zero-order valence-electron chi connectivity index (χ0n) is 11.6. The van der Waals surface area contributed by atoms with Crippen LogP contribution in [0.15, 0.2) is 42.5 Å². The van der Waals surface area contributed by atoms with Gasteiger partial charge in [0.2, 0.25) is 0 Å². The first-order chi connectivity index (χ1) is 10.2. The van der Waals surface area contributed by atoms with E-state index in [4.69, 9.17) is 21.1 Å². The third-order valence-electron chi connectivity index (χ3n) is 3.71. The summed E-state index contributed by atoms with van der Waals surface area (Å²) >= 11 is 6.01. The number of Topliss-reactive ketones (excluding diaryl/α,β-unsaturated/α-hetero) is 1. The summed E-state index contributed by atoms with van der Waals surface area (Å²) in [6.07, 6.45) is 0.681. The van der Waals surface area contributed by atoms with Gasteiger partial charge in [0.1, 0.15) is 11.5 Å². The third-order valence-corrected chi connectivity index (χ3v) is 4.02. The summed E-state index contributed by atoms with van der Waals surface area (Å²) in [6.45, 7) is 0.554. The van der Waals surface area contributed by atoms with Crippen LogP contribution in [0.2, 0.25) is 5.02 Å². The molecule has 0 amide bonds. The average molecular weight is 303 g/mol. The van der Waals surface area contributed by atoms with Crippen molar-refractivity contribution >= 4 is 17.4 Å². The van der Waals surface area contributed by atoms with E-state index < -0.39 is 0 Å². The summed E-state index contributed by atoms with van der Waals surface area (Å²) in [7, 11) is 1.54. The summed E-state index contributed by atoms with van der Waals surface area (Å²) < 4.78 is 10.8. The van der Waals surface area contributed by atoms with Gasteiger partial charge < -0.3 is 9.47 Å². The highest BCUT2D eigenvalue weighted by atomic mass is 35.5. The first-order valence-electron chi connectivity index (χ1n) is 6.80. The largest absolute Gasteiger partial charge is 0.495 e. The fourth-order valence-electron chi connectivity index (χ4n) is 2.63. The minimum atomic E-state index is -0.180. The summed E-state index contributed by atoms with van der Waals surface area (Å²) in [6, 6.07) is 12.8. The number of halogens is 1. The Morgan fingerprint density at radius 3 is 2.90 bits per heavy atom. The Morgan fingerprint density at radius 2 is 2.10 bits per heavy atom. The Balaban J connectivity index is 1.96. The van der Waals surface area contributed by atoms with Crippen LogP contribution in [-0.4, -0.2) is 19.5 Å². The smallest absolute Gasteiger partial charge is 0.170 e. The van der Waals surface area contributed by atoms with E-state index in [0.29, 0.717) is 29.4 Å². The maximum Gasteiger partial charge on any atom is 0.170 e. The number of benzene rings is 2. The molecular weight excluding hydrogens is 288 g/mol. The molecule has 0 aliphatic carbocycles. The van der Waals surface area contributed by atoms with Crippen molar-refractivity contribution in [2.45, 2.75) is 12.3 Å². The number of carbonyl (C=O) groups is 1. The van der Waals surface area contributed by atoms with E-state index in [1.807, 2.05) is 24.3 Å². The summed E-state index contributed by atoms with van der Waals surface area (Å²) in [5.74, 6) is 1.20. The maximum atomic E-state index is 12.8. The van der Waals surface area contributed by atoms with Crippen LogP contribution in [-0.2, 0) is 0 Å². The van der Waals surface area contributed by atoms with Crippen LogP contribution in [0.1, 0.15) is 28.3 Å². The number of para-hydroxylation sites is 1. The molecule has 0 bridgehead atoms. The van der Waals surface area contributed by atoms with Gasteiger partial charge >= 0.3 is 0 Å². The van der Waals surface area contributed by atoms with Gasteiger partial charge in [-0.1, -0.05) is 29.8 Å². The highest BCUT2D eigenvalue weighted by molar-refractivity contribution is 6.32. The lowest BCUT2D eigenvalue weighted by Gasteiger charge is -2.25. The number of hydrogen-bond donors (Lipinski definition) is 0. The van der Waals surface area contributed by atoms with Crippen molar-refractivity contribution in [3.8, 4) is 11.5 Å². The predicted molar refractivity (Wildman–Crippen MR) is 81.6 cm³/mol. The molecule has 21 heavy (non-hydrogen) atoms. The van der Waals surface area contributed by atoms with Crippen molar-refractivity contribution < 1.29 is 14.3 Å². The zero-order valence-corrected chi connectivity index (χ0v) is 12.4. The van der Waals surface area contributed by atoms with Crippen molar-refractivity contribution in [3.05, 3.63) is 58.6 Å². The first-order valence-corrected chi connectivity index (χ1v) is 7.18. The third kappa shape index (κ3) is 2.61. The van der Waals surface area contributed by atoms with Crippen LogP contribution in [0.25, 0.3) is 0 Å². The molecule has 3 rings (SSSR count). The van der Waals surface area contributed by atoms with Crippen molar-refractivity contribution in [3.63, 3.8) is 0 Å². The molecule has 0 radical (unpaired) electrons. The molecule has 108 valence electrons. The summed E-state index contributed by atoms with van der Waals surface area (Å²) in [4.78, 5) is 12.8. The highest BCUT2D eigenvalue weighted by Gasteiger charge is 2.28. The van der Waals surface area contributed by atoms with Gasteiger partial charge in [0.05, 0.1) is 24.7 Å². The standard InChI is InChI=1S/C17H15ClO3/c1-20-16-10-11(6-7-14(16)18)17(19)13-8-9-21-15-5-3-2-4-12(13)15/h2-7,10,13H,8-9H2,1H3. The van der Waals surface area contributed by atoms with Crippen LogP contribution >= 0.6 is 11.6 Å². The molecule has 0 saturated carbocycles. The Morgan fingerprint density at radius 1 is 1.29 bits per heavy atom. The Labute approximate surface area is 128 Å². The van der Waals surface area contributed by atoms with Crippen molar-refractivity contribution in [2.75, 3.05) is 13.7 Å². The van der Waals surface area contributed by atoms with Gasteiger partial charge in [-0.25, -0.2) is 0 Å². The minimum Gasteiger partial charge on any atom is -0.495 e. The predicted octanol–water partition coefficient (Wildman–Crippen LogP) is 4.10. The number of methoxy groups -OCH3 is 1. The number of fused-ring (bicyclic) bond motifs is 1. The Bertz CT molecular complexity index is 681. The fourth-order valence-corrected chi connectivity index (χ4v) is 2.82. The van der Waals surface area contributed by atoms with Crippen molar-refractivity contribution in [2.24, 2.45) is 0 Å². The lowest BCUT2D eigenvalue weighted by Crippen LogP contribution is -2.21. The number of carbonyl (C=O) groups excluding carboxylic acids is 1. The second-order valence-electron chi connectivity index (χ2n) is 4.94. The van der Waals surface area contributed by atoms with Crippen LogP contribution in [0.3, 0.4) is 0 Å². The SMILES string of the molecule is COc1cc(C(=O)C2CCOc3ccccc32)ccc1Cl. The molecule has 0 fully saturated rings. The van der Waals surface area contributed by atoms with Gasteiger partial charge in [-0.2, -0.15) is 0 Å². The van der Waals surface area contributed by atoms with Crippen molar-refractivity contribution in [1.29, 1.82) is 0 Å². The van der Waals surface area contributed by atoms with Gasteiger partial charge in [-0.05, 0) is 30.7 Å². The molecule has 2 aromatic carbocycles. The summed E-state index contributed by atoms with van der Waals surface area (Å²) in [5.41, 5.74) is 1.56. The van der Waals surface area contributed by atoms with E-state index in [9.17, 15) is 4.79 Å². The molecule has 0 spiro atoms. The van der Waals surface area contributed by atoms with E-state index in [1.54, 1.807) is 25.3 Å². The quantitative estimate of drug-likeness (QED) is 0.801. The van der Waals surface area contributed by atoms with E-state index in [0.717, 1.165) is 11.3 Å². The van der Waals surface area contributed by atoms with Crippen LogP contribution in [0.5, 0.6) is 11.5 Å². The minimum absolute atomic E-state index is 0.0701. The lowest BCUT2D eigenvalue weighted by atomic mass is 9.86. The molecule has 1 atom stereocenters. The highest BCUT2D eigenvalue weighted by Crippen LogP contribution is 2.36. The van der Waals surface area contributed by atoms with Gasteiger partial charge in [0.15, 0.2) is 5.78 Å². The maximum absolute atomic E-state index is 12.8. The normalized spacial score (nSPS) is 16.8. The number of ether oxygens (including phenoxy) is 2. The monoisotopic (exact) mass is 302 g/mol. The molecule has 1 unspecified atom stereocenters. The number of hydrogen-bond acceptors (Lipinski definition) is 3. The number of ketones is 1. The second-order valence-corrected chi connectivity index (χ2v) is 5.35. The zero-order chi connectivity index (χ0) is 14.8. The molecule has 2 aromatic rings. The average Bonchev–Trinajstić information content (AvgIpc) is 2.54. The van der Waals surface area contributed by atoms with Gasteiger partial charge in [-0.15, -0.1) is 0 Å². The van der Waals surface area contributed by atoms with Crippen LogP contribution in [0, 0.1) is 0 Å². The molecule has 0 saturated heterocycles. The topological polar surface area (TPSA) is 35.5 Å². The number of rotatable bonds is 3. The first kappa shape index (κ1) is 14.0. The van der Waals surface area contributed by atoms with Crippen LogP contribution in [0.4, 0.5) is 0 Å². The van der Waals surface area contributed by atoms with Gasteiger partial charge in [0.25, 0.3) is 0 Å². The molecule has 3 nitrogen and oxygen atoms in total. The molecule has 1 heterocycles. The van der Waals surface area contributed by atoms with Gasteiger partial charge in [-0.3, -0.25) is 4.79 Å². The fraction of sp³-hybridized carbons (Fsp3) is 0.235. The van der Waals surface area contributed by atoms with Crippen LogP contribution < -0.4 is 9.47 Å².